The van der Waals surface area contributed by atoms with Crippen molar-refractivity contribution in [3.05, 3.63) is 0 Å². The summed E-state index contributed by atoms with van der Waals surface area (Å²) in [7, 11) is 1.19. The number of quaternary nitrogens is 1. The van der Waals surface area contributed by atoms with Crippen molar-refractivity contribution in [2.24, 2.45) is 0 Å². The molecule has 0 radical (unpaired) electrons. The van der Waals surface area contributed by atoms with Gasteiger partial charge in [-0.1, -0.05) is 367 Å². The lowest BCUT2D eigenvalue weighted by atomic mass is 10.0. The van der Waals surface area contributed by atoms with Crippen molar-refractivity contribution in [3.63, 3.8) is 0 Å². The third-order valence-corrected chi connectivity index (χ3v) is 17.8. The maximum Gasteiger partial charge on any atom is 0.306 e. The van der Waals surface area contributed by atoms with E-state index in [9.17, 15) is 19.0 Å². The summed E-state index contributed by atoms with van der Waals surface area (Å²) >= 11 is 0. The summed E-state index contributed by atoms with van der Waals surface area (Å²) in [6.07, 6.45) is 76.5. The number of carbonyl (C=O) groups excluding carboxylic acids is 2. The maximum atomic E-state index is 12.8. The van der Waals surface area contributed by atoms with Gasteiger partial charge in [-0.25, -0.2) is 0 Å². The molecule has 0 aromatic carbocycles. The molecule has 10 heteroatoms. The minimum Gasteiger partial charge on any atom is -0.756 e. The maximum absolute atomic E-state index is 12.8. The summed E-state index contributed by atoms with van der Waals surface area (Å²) in [5.41, 5.74) is 0. The van der Waals surface area contributed by atoms with Gasteiger partial charge >= 0.3 is 11.9 Å². The second-order valence-electron chi connectivity index (χ2n) is 26.3. The van der Waals surface area contributed by atoms with Gasteiger partial charge in [-0.05, 0) is 12.8 Å². The minimum absolute atomic E-state index is 0.0250. The number of esters is 2. The Morgan fingerprint density at radius 2 is 0.556 bits per heavy atom. The van der Waals surface area contributed by atoms with Gasteiger partial charge in [0.25, 0.3) is 7.82 Å². The first-order valence-electron chi connectivity index (χ1n) is 36.2. The Labute approximate surface area is 505 Å². The molecular weight excluding hydrogens is 1030 g/mol. The third kappa shape index (κ3) is 68.0. The van der Waals surface area contributed by atoms with Crippen LogP contribution >= 0.6 is 7.82 Å². The van der Waals surface area contributed by atoms with Crippen LogP contribution in [-0.2, 0) is 32.7 Å². The molecule has 0 heterocycles. The van der Waals surface area contributed by atoms with E-state index in [1.54, 1.807) is 0 Å². The Morgan fingerprint density at radius 3 is 0.790 bits per heavy atom. The second-order valence-corrected chi connectivity index (χ2v) is 27.7. The molecule has 0 saturated heterocycles. The van der Waals surface area contributed by atoms with Crippen molar-refractivity contribution in [2.45, 2.75) is 399 Å². The number of likely N-dealkylation sites (N-methyl/N-ethyl adjacent to an activating group) is 1. The summed E-state index contributed by atoms with van der Waals surface area (Å²) in [4.78, 5) is 38.0. The van der Waals surface area contributed by atoms with Crippen LogP contribution in [0.5, 0.6) is 0 Å². The number of hydrogen-bond acceptors (Lipinski definition) is 8. The van der Waals surface area contributed by atoms with Gasteiger partial charge < -0.3 is 27.9 Å². The van der Waals surface area contributed by atoms with E-state index < -0.39 is 26.5 Å². The zero-order valence-electron chi connectivity index (χ0n) is 55.3. The van der Waals surface area contributed by atoms with E-state index in [1.807, 2.05) is 21.1 Å². The first kappa shape index (κ1) is 80.0. The van der Waals surface area contributed by atoms with Crippen molar-refractivity contribution in [2.75, 3.05) is 47.5 Å². The zero-order valence-corrected chi connectivity index (χ0v) is 56.2. The fourth-order valence-electron chi connectivity index (χ4n) is 11.3. The number of rotatable bonds is 69. The van der Waals surface area contributed by atoms with Crippen LogP contribution in [0.1, 0.15) is 393 Å². The molecular formula is C71H142NO8P. The average molecular weight is 1170 g/mol. The van der Waals surface area contributed by atoms with E-state index in [1.165, 1.54) is 327 Å². The molecule has 484 valence electrons. The van der Waals surface area contributed by atoms with Crippen LogP contribution in [0.4, 0.5) is 0 Å². The molecule has 0 N–H and O–H groups in total. The second kappa shape index (κ2) is 63.5. The lowest BCUT2D eigenvalue weighted by Gasteiger charge is -2.28. The van der Waals surface area contributed by atoms with Crippen LogP contribution in [-0.4, -0.2) is 70.0 Å². The molecule has 9 nitrogen and oxygen atoms in total. The molecule has 0 aromatic rings. The molecule has 0 aliphatic carbocycles. The summed E-state index contributed by atoms with van der Waals surface area (Å²) in [6.45, 7) is 4.32. The Bertz CT molecular complexity index is 1330. The van der Waals surface area contributed by atoms with E-state index in [0.29, 0.717) is 17.4 Å². The molecule has 2 unspecified atom stereocenters. The summed E-state index contributed by atoms with van der Waals surface area (Å²) in [6, 6.07) is 0. The highest BCUT2D eigenvalue weighted by Crippen LogP contribution is 2.38. The zero-order chi connectivity index (χ0) is 59.1. The van der Waals surface area contributed by atoms with Crippen LogP contribution in [0.2, 0.25) is 0 Å². The monoisotopic (exact) mass is 1170 g/mol. The van der Waals surface area contributed by atoms with Gasteiger partial charge in [0.2, 0.25) is 0 Å². The number of carbonyl (C=O) groups is 2. The Balaban J connectivity index is 3.80. The van der Waals surface area contributed by atoms with Crippen molar-refractivity contribution < 1.29 is 42.1 Å². The van der Waals surface area contributed by atoms with Gasteiger partial charge in [0.15, 0.2) is 6.10 Å². The van der Waals surface area contributed by atoms with Crippen molar-refractivity contribution in [1.29, 1.82) is 0 Å². The molecule has 0 bridgehead atoms. The summed E-state index contributed by atoms with van der Waals surface area (Å²) in [5, 5.41) is 0. The highest BCUT2D eigenvalue weighted by atomic mass is 31.2. The van der Waals surface area contributed by atoms with Crippen LogP contribution in [0.15, 0.2) is 0 Å². The minimum atomic E-state index is -4.63. The molecule has 0 aliphatic rings. The molecule has 0 amide bonds. The van der Waals surface area contributed by atoms with Crippen molar-refractivity contribution >= 4 is 19.8 Å². The normalized spacial score (nSPS) is 13.0. The summed E-state index contributed by atoms with van der Waals surface area (Å²) < 4.78 is 34.3. The van der Waals surface area contributed by atoms with Crippen LogP contribution in [0.3, 0.4) is 0 Å². The third-order valence-electron chi connectivity index (χ3n) is 16.9. The number of nitrogens with zero attached hydrogens (tertiary/aromatic N) is 1. The van der Waals surface area contributed by atoms with Crippen LogP contribution < -0.4 is 4.89 Å². The summed E-state index contributed by atoms with van der Waals surface area (Å²) in [5.74, 6) is -0.806. The van der Waals surface area contributed by atoms with Crippen LogP contribution in [0.25, 0.3) is 0 Å². The molecule has 0 aliphatic heterocycles. The van der Waals surface area contributed by atoms with E-state index in [0.717, 1.165) is 32.1 Å². The van der Waals surface area contributed by atoms with Gasteiger partial charge in [0.1, 0.15) is 19.8 Å². The first-order valence-corrected chi connectivity index (χ1v) is 37.7. The van der Waals surface area contributed by atoms with Gasteiger partial charge in [-0.2, -0.15) is 0 Å². The Hall–Kier alpha value is -0.990. The fourth-order valence-corrected chi connectivity index (χ4v) is 12.0. The van der Waals surface area contributed by atoms with Crippen molar-refractivity contribution in [1.82, 2.24) is 0 Å². The first-order chi connectivity index (χ1) is 39.5. The molecule has 0 aromatic heterocycles. The Kier molecular flexibility index (Phi) is 62.7. The smallest absolute Gasteiger partial charge is 0.306 e. The SMILES string of the molecule is CCCCCCCCCCCCCCCCCCCCCCCCCCCCCCCCCCCCCCCCCCCC(=O)OC(COC(=O)CCCCCCCCCCCCCCCCCC)COP(=O)([O-])OCC[N+](C)(C)C. The van der Waals surface area contributed by atoms with E-state index in [-0.39, 0.29) is 32.0 Å². The van der Waals surface area contributed by atoms with Gasteiger partial charge in [0.05, 0.1) is 27.7 Å². The van der Waals surface area contributed by atoms with E-state index >= 15 is 0 Å². The standard InChI is InChI=1S/C71H142NO8P/c1-6-8-10-12-14-16-18-20-22-24-25-26-27-28-29-30-31-32-33-34-35-36-37-38-39-40-41-42-43-44-45-46-47-48-50-52-54-56-58-60-62-64-71(74)80-69(68-79-81(75,76)78-66-65-72(3,4)5)67-77-70(73)63-61-59-57-55-53-51-49-23-21-19-17-15-13-11-9-7-2/h69H,6-68H2,1-5H3. The van der Waals surface area contributed by atoms with Crippen LogP contribution in [0, 0.1) is 0 Å². The molecule has 0 saturated carbocycles. The number of phosphoric acid groups is 1. The number of phosphoric ester groups is 1. The molecule has 0 rings (SSSR count). The fraction of sp³-hybridized carbons (Fsp3) is 0.972. The topological polar surface area (TPSA) is 111 Å². The Morgan fingerprint density at radius 1 is 0.333 bits per heavy atom. The lowest BCUT2D eigenvalue weighted by Crippen LogP contribution is -2.37. The van der Waals surface area contributed by atoms with E-state index in [2.05, 4.69) is 13.8 Å². The predicted molar refractivity (Wildman–Crippen MR) is 347 cm³/mol. The van der Waals surface area contributed by atoms with Gasteiger partial charge in [0, 0.05) is 12.8 Å². The predicted octanol–water partition coefficient (Wildman–Crippen LogP) is 22.7. The average Bonchev–Trinajstić information content (AvgIpc) is 3.43. The van der Waals surface area contributed by atoms with E-state index in [4.69, 9.17) is 18.5 Å². The highest BCUT2D eigenvalue weighted by Gasteiger charge is 2.22. The molecule has 0 fully saturated rings. The lowest BCUT2D eigenvalue weighted by molar-refractivity contribution is -0.870. The molecule has 81 heavy (non-hydrogen) atoms. The number of ether oxygens (including phenoxy) is 2. The number of unbranched alkanes of at least 4 members (excludes halogenated alkanes) is 55. The number of hydrogen-bond donors (Lipinski definition) is 0. The van der Waals surface area contributed by atoms with Gasteiger partial charge in [-0.15, -0.1) is 0 Å². The molecule has 2 atom stereocenters. The quantitative estimate of drug-likeness (QED) is 0.0256. The highest BCUT2D eigenvalue weighted by molar-refractivity contribution is 7.45. The largest absolute Gasteiger partial charge is 0.756 e. The van der Waals surface area contributed by atoms with Gasteiger partial charge in [-0.3, -0.25) is 14.2 Å². The molecule has 0 spiro atoms. The van der Waals surface area contributed by atoms with Crippen molar-refractivity contribution in [3.8, 4) is 0 Å².